The molecule has 0 radical (unpaired) electrons. The van der Waals surface area contributed by atoms with Crippen LogP contribution >= 0.6 is 0 Å². The smallest absolute Gasteiger partial charge is 0.258 e. The molecule has 0 spiro atoms. The summed E-state index contributed by atoms with van der Waals surface area (Å²) in [5.41, 5.74) is 3.22. The summed E-state index contributed by atoms with van der Waals surface area (Å²) in [6.45, 7) is 0. The zero-order valence-corrected chi connectivity index (χ0v) is 9.87. The summed E-state index contributed by atoms with van der Waals surface area (Å²) in [5.74, 6) is -0.0122. The third kappa shape index (κ3) is 1.59. The van der Waals surface area contributed by atoms with Gasteiger partial charge < -0.3 is 4.90 Å². The van der Waals surface area contributed by atoms with Gasteiger partial charge in [0.25, 0.3) is 5.91 Å². The lowest BCUT2D eigenvalue weighted by Crippen LogP contribution is -2.20. The van der Waals surface area contributed by atoms with E-state index in [1.165, 1.54) is 0 Å². The van der Waals surface area contributed by atoms with E-state index in [0.29, 0.717) is 11.3 Å². The second kappa shape index (κ2) is 4.07. The fraction of sp³-hybridized carbons (Fsp3) is 0.0714. The number of fused-ring (bicyclic) bond motifs is 1. The number of anilines is 1. The summed E-state index contributed by atoms with van der Waals surface area (Å²) >= 11 is 0. The largest absolute Gasteiger partial charge is 0.311 e. The number of nitrogens with zero attached hydrogens (tertiary/aromatic N) is 3. The van der Waals surface area contributed by atoms with Gasteiger partial charge in [0.1, 0.15) is 0 Å². The predicted octanol–water partition coefficient (Wildman–Crippen LogP) is 1.99. The van der Waals surface area contributed by atoms with Crippen LogP contribution in [-0.4, -0.2) is 23.2 Å². The fourth-order valence-corrected chi connectivity index (χ4v) is 2.08. The normalized spacial score (nSPS) is 16.2. The number of aromatic nitrogens is 2. The van der Waals surface area contributed by atoms with Gasteiger partial charge in [0.2, 0.25) is 0 Å². The summed E-state index contributed by atoms with van der Waals surface area (Å²) in [6, 6.07) is 11.4. The highest BCUT2D eigenvalue weighted by Gasteiger charge is 2.28. The van der Waals surface area contributed by atoms with E-state index in [4.69, 9.17) is 0 Å². The van der Waals surface area contributed by atoms with Crippen LogP contribution in [0.5, 0.6) is 0 Å². The topological polar surface area (TPSA) is 46.1 Å². The molecule has 0 saturated heterocycles. The molecule has 0 bridgehead atoms. The fourth-order valence-electron chi connectivity index (χ4n) is 2.08. The van der Waals surface area contributed by atoms with Gasteiger partial charge in [0, 0.05) is 18.8 Å². The van der Waals surface area contributed by atoms with Crippen molar-refractivity contribution in [3.8, 4) is 0 Å². The summed E-state index contributed by atoms with van der Waals surface area (Å²) in [7, 11) is 1.78. The van der Waals surface area contributed by atoms with Crippen LogP contribution < -0.4 is 4.90 Å². The van der Waals surface area contributed by atoms with Crippen molar-refractivity contribution in [2.24, 2.45) is 0 Å². The van der Waals surface area contributed by atoms with E-state index in [9.17, 15) is 4.79 Å². The molecule has 0 N–H and O–H groups in total. The first-order chi connectivity index (χ1) is 8.77. The zero-order chi connectivity index (χ0) is 12.5. The molecule has 1 aliphatic rings. The van der Waals surface area contributed by atoms with Crippen molar-refractivity contribution in [3.63, 3.8) is 0 Å². The number of hydrogen-bond donors (Lipinski definition) is 0. The Morgan fingerprint density at radius 1 is 1.17 bits per heavy atom. The van der Waals surface area contributed by atoms with Gasteiger partial charge in [-0.3, -0.25) is 4.79 Å². The van der Waals surface area contributed by atoms with Gasteiger partial charge in [0.15, 0.2) is 0 Å². The van der Waals surface area contributed by atoms with Crippen molar-refractivity contribution in [1.29, 1.82) is 0 Å². The summed E-state index contributed by atoms with van der Waals surface area (Å²) < 4.78 is 0. The maximum atomic E-state index is 12.2. The molecule has 2 aromatic rings. The molecule has 0 unspecified atom stereocenters. The van der Waals surface area contributed by atoms with Crippen LogP contribution in [0.15, 0.2) is 42.6 Å². The molecule has 0 saturated carbocycles. The lowest BCUT2D eigenvalue weighted by molar-refractivity contribution is -0.112. The molecular formula is C14H11N3O. The van der Waals surface area contributed by atoms with Crippen molar-refractivity contribution >= 4 is 23.2 Å². The summed E-state index contributed by atoms with van der Waals surface area (Å²) in [4.78, 5) is 13.8. The number of hydrogen-bond acceptors (Lipinski definition) is 3. The molecule has 1 amide bonds. The molecule has 1 aromatic heterocycles. The number of amides is 1. The first-order valence-electron chi connectivity index (χ1n) is 5.64. The van der Waals surface area contributed by atoms with E-state index < -0.39 is 0 Å². The van der Waals surface area contributed by atoms with Crippen molar-refractivity contribution < 1.29 is 4.79 Å². The lowest BCUT2D eigenvalue weighted by atomic mass is 10.1. The molecule has 3 rings (SSSR count). The average Bonchev–Trinajstić information content (AvgIpc) is 2.66. The van der Waals surface area contributed by atoms with E-state index in [0.717, 1.165) is 11.3 Å². The number of para-hydroxylation sites is 1. The molecule has 88 valence electrons. The number of rotatable bonds is 1. The van der Waals surface area contributed by atoms with Crippen LogP contribution in [0.4, 0.5) is 5.69 Å². The number of carbonyl (C=O) groups excluding carboxylic acids is 1. The lowest BCUT2D eigenvalue weighted by Gasteiger charge is -2.07. The summed E-state index contributed by atoms with van der Waals surface area (Å²) in [5, 5.41) is 7.78. The van der Waals surface area contributed by atoms with Gasteiger partial charge >= 0.3 is 0 Å². The van der Waals surface area contributed by atoms with Gasteiger partial charge in [-0.25, -0.2) is 0 Å². The highest BCUT2D eigenvalue weighted by Crippen LogP contribution is 2.36. The number of benzene rings is 1. The molecule has 1 aromatic carbocycles. The second-order valence-corrected chi connectivity index (χ2v) is 4.09. The Morgan fingerprint density at radius 3 is 2.78 bits per heavy atom. The van der Waals surface area contributed by atoms with Crippen molar-refractivity contribution in [1.82, 2.24) is 10.2 Å². The van der Waals surface area contributed by atoms with Crippen LogP contribution in [0.25, 0.3) is 11.6 Å². The minimum atomic E-state index is -0.0122. The van der Waals surface area contributed by atoms with E-state index in [-0.39, 0.29) is 5.91 Å². The van der Waals surface area contributed by atoms with Crippen molar-refractivity contribution in [3.05, 3.63) is 53.9 Å². The van der Waals surface area contributed by atoms with E-state index >= 15 is 0 Å². The van der Waals surface area contributed by atoms with Crippen molar-refractivity contribution in [2.45, 2.75) is 0 Å². The second-order valence-electron chi connectivity index (χ2n) is 4.09. The van der Waals surface area contributed by atoms with Gasteiger partial charge in [-0.1, -0.05) is 18.2 Å². The Labute approximate surface area is 105 Å². The Morgan fingerprint density at radius 2 is 2.00 bits per heavy atom. The highest BCUT2D eigenvalue weighted by atomic mass is 16.2. The monoisotopic (exact) mass is 237 g/mol. The minimum Gasteiger partial charge on any atom is -0.311 e. The molecule has 4 heteroatoms. The van der Waals surface area contributed by atoms with Gasteiger partial charge in [0.05, 0.1) is 17.0 Å². The first-order valence-corrected chi connectivity index (χ1v) is 5.64. The first kappa shape index (κ1) is 10.7. The van der Waals surface area contributed by atoms with E-state index in [1.54, 1.807) is 30.3 Å². The van der Waals surface area contributed by atoms with Crippen LogP contribution in [0.1, 0.15) is 11.3 Å². The maximum absolute atomic E-state index is 12.2. The third-order valence-electron chi connectivity index (χ3n) is 2.98. The van der Waals surface area contributed by atoms with Gasteiger partial charge in [-0.05, 0) is 24.3 Å². The highest BCUT2D eigenvalue weighted by molar-refractivity contribution is 6.35. The molecular weight excluding hydrogens is 226 g/mol. The van der Waals surface area contributed by atoms with E-state index in [1.807, 2.05) is 30.3 Å². The number of likely N-dealkylation sites (N-methyl/N-ethyl adjacent to an activating group) is 1. The quantitative estimate of drug-likeness (QED) is 0.712. The molecule has 0 fully saturated rings. The van der Waals surface area contributed by atoms with Crippen LogP contribution in [0.3, 0.4) is 0 Å². The number of carbonyl (C=O) groups is 1. The Bertz CT molecular complexity index is 634. The van der Waals surface area contributed by atoms with Gasteiger partial charge in [-0.2, -0.15) is 10.2 Å². The molecule has 0 aliphatic carbocycles. The zero-order valence-electron chi connectivity index (χ0n) is 9.87. The molecule has 18 heavy (non-hydrogen) atoms. The Hall–Kier alpha value is -2.49. The van der Waals surface area contributed by atoms with Gasteiger partial charge in [-0.15, -0.1) is 0 Å². The molecule has 4 nitrogen and oxygen atoms in total. The predicted molar refractivity (Wildman–Crippen MR) is 69.8 cm³/mol. The van der Waals surface area contributed by atoms with E-state index in [2.05, 4.69) is 10.2 Å². The molecule has 0 atom stereocenters. The third-order valence-corrected chi connectivity index (χ3v) is 2.98. The minimum absolute atomic E-state index is 0.0122. The maximum Gasteiger partial charge on any atom is 0.258 e. The standard InChI is InChI=1S/C14H11N3O/c1-17-13-7-3-2-6-11(13)12(14(17)18)9-10-5-4-8-15-16-10/h2-9H,1H3/b12-9+. The SMILES string of the molecule is CN1C(=O)/C(=C/c2cccnn2)c2ccccc21. The Balaban J connectivity index is 2.14. The van der Waals surface area contributed by atoms with Crippen LogP contribution in [0, 0.1) is 0 Å². The van der Waals surface area contributed by atoms with Crippen molar-refractivity contribution in [2.75, 3.05) is 11.9 Å². The Kier molecular flexibility index (Phi) is 2.41. The molecule has 2 heterocycles. The average molecular weight is 237 g/mol. The van der Waals surface area contributed by atoms with Crippen LogP contribution in [-0.2, 0) is 4.79 Å². The summed E-state index contributed by atoms with van der Waals surface area (Å²) in [6.07, 6.45) is 3.39. The van der Waals surface area contributed by atoms with Crippen LogP contribution in [0.2, 0.25) is 0 Å². The molecule has 1 aliphatic heterocycles.